The quantitative estimate of drug-likeness (QED) is 0.633. The Labute approximate surface area is 107 Å². The predicted octanol–water partition coefficient (Wildman–Crippen LogP) is 1.40. The third kappa shape index (κ3) is 4.38. The molecular formula is C9H10Cl2N2O2S. The number of carbonyl (C=O) groups excluding carboxylic acids is 2. The molecular weight excluding hydrogens is 271 g/mol. The van der Waals surface area contributed by atoms with Crippen LogP contribution in [0.2, 0.25) is 0 Å². The molecule has 1 heterocycles. The van der Waals surface area contributed by atoms with Crippen LogP contribution in [0.4, 0.5) is 0 Å². The molecule has 0 aliphatic heterocycles. The minimum Gasteiger partial charge on any atom is -0.352 e. The summed E-state index contributed by atoms with van der Waals surface area (Å²) >= 11 is 12.0. The minimum absolute atomic E-state index is 0.155. The molecule has 0 atom stereocenters. The van der Waals surface area contributed by atoms with Crippen molar-refractivity contribution < 1.29 is 9.59 Å². The predicted molar refractivity (Wildman–Crippen MR) is 65.2 cm³/mol. The first kappa shape index (κ1) is 13.3. The van der Waals surface area contributed by atoms with E-state index in [1.165, 1.54) is 11.3 Å². The van der Waals surface area contributed by atoms with Gasteiger partial charge in [0.05, 0.1) is 4.88 Å². The van der Waals surface area contributed by atoms with Crippen molar-refractivity contribution in [3.05, 3.63) is 22.4 Å². The summed E-state index contributed by atoms with van der Waals surface area (Å²) in [5, 5.41) is 6.94. The highest BCUT2D eigenvalue weighted by Gasteiger charge is 2.10. The average Bonchev–Trinajstić information content (AvgIpc) is 2.76. The molecule has 0 aliphatic rings. The molecule has 0 bridgehead atoms. The number of halogens is 2. The number of hydrogen-bond acceptors (Lipinski definition) is 3. The van der Waals surface area contributed by atoms with Crippen LogP contribution >= 0.6 is 34.5 Å². The van der Waals surface area contributed by atoms with Crippen molar-refractivity contribution >= 4 is 46.4 Å². The molecule has 16 heavy (non-hydrogen) atoms. The summed E-state index contributed by atoms with van der Waals surface area (Å²) in [5.41, 5.74) is 0. The summed E-state index contributed by atoms with van der Waals surface area (Å²) in [7, 11) is 0. The Bertz CT molecular complexity index is 354. The molecule has 7 heteroatoms. The van der Waals surface area contributed by atoms with E-state index in [1.807, 2.05) is 5.38 Å². The molecule has 0 spiro atoms. The first-order valence-electron chi connectivity index (χ1n) is 4.49. The SMILES string of the molecule is O=C(NCCNC(=O)C(Cl)Cl)c1cccs1. The van der Waals surface area contributed by atoms with Crippen molar-refractivity contribution in [1.82, 2.24) is 10.6 Å². The zero-order chi connectivity index (χ0) is 12.0. The van der Waals surface area contributed by atoms with Gasteiger partial charge in [0, 0.05) is 13.1 Å². The van der Waals surface area contributed by atoms with Crippen LogP contribution in [0.1, 0.15) is 9.67 Å². The molecule has 0 aromatic carbocycles. The van der Waals surface area contributed by atoms with E-state index in [9.17, 15) is 9.59 Å². The van der Waals surface area contributed by atoms with Crippen molar-refractivity contribution in [2.75, 3.05) is 13.1 Å². The van der Waals surface area contributed by atoms with Crippen LogP contribution in [0.3, 0.4) is 0 Å². The summed E-state index contributed by atoms with van der Waals surface area (Å²) < 4.78 is 0. The molecule has 0 fully saturated rings. The molecule has 1 rings (SSSR count). The molecule has 0 radical (unpaired) electrons. The second-order valence-electron chi connectivity index (χ2n) is 2.82. The van der Waals surface area contributed by atoms with Crippen LogP contribution in [0.25, 0.3) is 0 Å². The summed E-state index contributed by atoms with van der Waals surface area (Å²) in [6.07, 6.45) is 0. The topological polar surface area (TPSA) is 58.2 Å². The zero-order valence-corrected chi connectivity index (χ0v) is 10.5. The van der Waals surface area contributed by atoms with Gasteiger partial charge in [-0.3, -0.25) is 9.59 Å². The second-order valence-corrected chi connectivity index (χ2v) is 4.87. The maximum atomic E-state index is 11.4. The highest BCUT2D eigenvalue weighted by atomic mass is 35.5. The summed E-state index contributed by atoms with van der Waals surface area (Å²) in [6, 6.07) is 3.53. The molecule has 0 saturated carbocycles. The van der Waals surface area contributed by atoms with Crippen LogP contribution in [0.5, 0.6) is 0 Å². The van der Waals surface area contributed by atoms with Crippen LogP contribution in [0, 0.1) is 0 Å². The summed E-state index contributed by atoms with van der Waals surface area (Å²) in [6.45, 7) is 0.634. The fourth-order valence-corrected chi connectivity index (χ4v) is 1.73. The van der Waals surface area contributed by atoms with Crippen LogP contribution in [-0.2, 0) is 4.79 Å². The number of hydrogen-bond donors (Lipinski definition) is 2. The maximum Gasteiger partial charge on any atom is 0.261 e. The Morgan fingerprint density at radius 1 is 1.31 bits per heavy atom. The van der Waals surface area contributed by atoms with Gasteiger partial charge >= 0.3 is 0 Å². The lowest BCUT2D eigenvalue weighted by molar-refractivity contribution is -0.119. The third-order valence-electron chi connectivity index (χ3n) is 1.65. The average molecular weight is 281 g/mol. The zero-order valence-electron chi connectivity index (χ0n) is 8.20. The molecule has 0 aliphatic carbocycles. The number of carbonyl (C=O) groups is 2. The van der Waals surface area contributed by atoms with Gasteiger partial charge in [-0.05, 0) is 11.4 Å². The van der Waals surface area contributed by atoms with Gasteiger partial charge in [-0.15, -0.1) is 11.3 Å². The maximum absolute atomic E-state index is 11.4. The van der Waals surface area contributed by atoms with Gasteiger partial charge in [0.15, 0.2) is 4.84 Å². The molecule has 4 nitrogen and oxygen atoms in total. The first-order valence-corrected chi connectivity index (χ1v) is 6.24. The lowest BCUT2D eigenvalue weighted by Gasteiger charge is -2.06. The fourth-order valence-electron chi connectivity index (χ4n) is 0.934. The number of rotatable bonds is 5. The second kappa shape index (κ2) is 6.73. The summed E-state index contributed by atoms with van der Waals surface area (Å²) in [5.74, 6) is -0.619. The van der Waals surface area contributed by atoms with E-state index < -0.39 is 10.7 Å². The molecule has 2 N–H and O–H groups in total. The van der Waals surface area contributed by atoms with Gasteiger partial charge in [0.1, 0.15) is 0 Å². The van der Waals surface area contributed by atoms with Crippen LogP contribution in [0.15, 0.2) is 17.5 Å². The van der Waals surface area contributed by atoms with Gasteiger partial charge in [-0.1, -0.05) is 29.3 Å². The van der Waals surface area contributed by atoms with Gasteiger partial charge in [-0.25, -0.2) is 0 Å². The highest BCUT2D eigenvalue weighted by molar-refractivity contribution is 7.12. The van der Waals surface area contributed by atoms with E-state index in [2.05, 4.69) is 10.6 Å². The fraction of sp³-hybridized carbons (Fsp3) is 0.333. The van der Waals surface area contributed by atoms with Crippen molar-refractivity contribution in [3.8, 4) is 0 Å². The lowest BCUT2D eigenvalue weighted by Crippen LogP contribution is -2.36. The standard InChI is InChI=1S/C9H10Cl2N2O2S/c10-7(11)9(15)13-4-3-12-8(14)6-2-1-5-16-6/h1-2,5,7H,3-4H2,(H,12,14)(H,13,15). The van der Waals surface area contributed by atoms with E-state index in [1.54, 1.807) is 12.1 Å². The van der Waals surface area contributed by atoms with Crippen molar-refractivity contribution in [2.45, 2.75) is 4.84 Å². The van der Waals surface area contributed by atoms with E-state index in [4.69, 9.17) is 23.2 Å². The molecule has 0 unspecified atom stereocenters. The Hall–Kier alpha value is -0.780. The largest absolute Gasteiger partial charge is 0.352 e. The van der Waals surface area contributed by atoms with Gasteiger partial charge in [0.25, 0.3) is 11.8 Å². The molecule has 1 aromatic rings. The number of thiophene rings is 1. The molecule has 1 aromatic heterocycles. The van der Waals surface area contributed by atoms with Crippen LogP contribution < -0.4 is 10.6 Å². The van der Waals surface area contributed by atoms with Gasteiger partial charge in [0.2, 0.25) is 0 Å². The Kier molecular flexibility index (Phi) is 5.59. The molecule has 0 saturated heterocycles. The van der Waals surface area contributed by atoms with E-state index >= 15 is 0 Å². The van der Waals surface area contributed by atoms with Crippen molar-refractivity contribution in [1.29, 1.82) is 0 Å². The first-order chi connectivity index (χ1) is 7.61. The molecule has 88 valence electrons. The Balaban J connectivity index is 2.17. The van der Waals surface area contributed by atoms with Crippen molar-refractivity contribution in [3.63, 3.8) is 0 Å². The van der Waals surface area contributed by atoms with Crippen LogP contribution in [-0.4, -0.2) is 29.7 Å². The highest BCUT2D eigenvalue weighted by Crippen LogP contribution is 2.07. The number of nitrogens with one attached hydrogen (secondary N) is 2. The summed E-state index contributed by atoms with van der Waals surface area (Å²) in [4.78, 5) is 21.9. The number of amides is 2. The lowest BCUT2D eigenvalue weighted by atomic mass is 10.4. The van der Waals surface area contributed by atoms with Gasteiger partial charge < -0.3 is 10.6 Å². The van der Waals surface area contributed by atoms with E-state index in [0.29, 0.717) is 18.0 Å². The van der Waals surface area contributed by atoms with Gasteiger partial charge in [-0.2, -0.15) is 0 Å². The monoisotopic (exact) mass is 280 g/mol. The minimum atomic E-state index is -1.08. The molecule has 2 amide bonds. The normalized spacial score (nSPS) is 10.2. The Morgan fingerprint density at radius 2 is 2.00 bits per heavy atom. The van der Waals surface area contributed by atoms with Crippen molar-refractivity contribution in [2.24, 2.45) is 0 Å². The van der Waals surface area contributed by atoms with E-state index in [0.717, 1.165) is 0 Å². The van der Waals surface area contributed by atoms with E-state index in [-0.39, 0.29) is 5.91 Å². The smallest absolute Gasteiger partial charge is 0.261 e. The number of alkyl halides is 2. The Morgan fingerprint density at radius 3 is 2.56 bits per heavy atom. The third-order valence-corrected chi connectivity index (χ3v) is 2.92.